The van der Waals surface area contributed by atoms with Crippen molar-refractivity contribution in [3.8, 4) is 0 Å². The first-order valence-corrected chi connectivity index (χ1v) is 3.94. The molecule has 1 aromatic rings. The minimum Gasteiger partial charge on any atom is -0.241 e. The van der Waals surface area contributed by atoms with Gasteiger partial charge in [-0.3, -0.25) is 0 Å². The largest absolute Gasteiger partial charge is 0.241 e. The second-order valence-corrected chi connectivity index (χ2v) is 3.38. The number of aryl methyl sites for hydroxylation is 1. The van der Waals surface area contributed by atoms with Gasteiger partial charge < -0.3 is 0 Å². The highest BCUT2D eigenvalue weighted by Gasteiger charge is 1.92. The molecule has 0 aromatic carbocycles. The van der Waals surface area contributed by atoms with Crippen molar-refractivity contribution in [1.29, 1.82) is 0 Å². The van der Waals surface area contributed by atoms with Crippen LogP contribution in [0.1, 0.15) is 5.69 Å². The summed E-state index contributed by atoms with van der Waals surface area (Å²) >= 11 is 7.84. The molecule has 0 aliphatic rings. The zero-order chi connectivity index (χ0) is 6.85. The second kappa shape index (κ2) is 2.84. The Labute approximate surface area is 72.6 Å². The van der Waals surface area contributed by atoms with Gasteiger partial charge in [0.05, 0.1) is 0 Å². The third-order valence-electron chi connectivity index (χ3n) is 0.887. The van der Waals surface area contributed by atoms with E-state index in [9.17, 15) is 0 Å². The fraction of sp³-hybridized carbons (Fsp3) is 0.167. The molecule has 1 nitrogen and oxygen atoms in total. The minimum absolute atomic E-state index is 0.569. The summed E-state index contributed by atoms with van der Waals surface area (Å²) < 4.78 is 1.13. The Morgan fingerprint density at radius 1 is 1.56 bits per heavy atom. The Morgan fingerprint density at radius 3 is 2.67 bits per heavy atom. The summed E-state index contributed by atoms with van der Waals surface area (Å²) in [4.78, 5) is 4.00. The van der Waals surface area contributed by atoms with E-state index in [0.717, 1.165) is 9.26 Å². The predicted octanol–water partition coefficient (Wildman–Crippen LogP) is 2.65. The first kappa shape index (κ1) is 7.28. The fourth-order valence-electron chi connectivity index (χ4n) is 0.588. The van der Waals surface area contributed by atoms with E-state index < -0.39 is 0 Å². The lowest BCUT2D eigenvalue weighted by atomic mass is 10.4. The van der Waals surface area contributed by atoms with E-state index >= 15 is 0 Å². The molecule has 0 fully saturated rings. The molecule has 0 amide bonds. The summed E-state index contributed by atoms with van der Waals surface area (Å²) in [6, 6.07) is 3.81. The lowest BCUT2D eigenvalue weighted by Crippen LogP contribution is -1.81. The normalized spacial score (nSPS) is 9.67. The van der Waals surface area contributed by atoms with Crippen molar-refractivity contribution in [1.82, 2.24) is 4.98 Å². The van der Waals surface area contributed by atoms with E-state index in [2.05, 4.69) is 27.6 Å². The highest BCUT2D eigenvalue weighted by atomic mass is 127. The van der Waals surface area contributed by atoms with Crippen LogP contribution in [0, 0.1) is 10.5 Å². The maximum absolute atomic E-state index is 5.63. The molecular formula is C6H5ClIN. The maximum Gasteiger partial charge on any atom is 0.130 e. The van der Waals surface area contributed by atoms with Crippen LogP contribution in [0.15, 0.2) is 12.1 Å². The van der Waals surface area contributed by atoms with Gasteiger partial charge in [0.25, 0.3) is 0 Å². The third-order valence-corrected chi connectivity index (χ3v) is 1.70. The summed E-state index contributed by atoms with van der Waals surface area (Å²) in [5.74, 6) is 0. The van der Waals surface area contributed by atoms with Gasteiger partial charge in [-0.2, -0.15) is 0 Å². The van der Waals surface area contributed by atoms with Crippen LogP contribution in [0.3, 0.4) is 0 Å². The van der Waals surface area contributed by atoms with E-state index in [-0.39, 0.29) is 0 Å². The summed E-state index contributed by atoms with van der Waals surface area (Å²) in [5, 5.41) is 0.569. The molecule has 0 unspecified atom stereocenters. The van der Waals surface area contributed by atoms with Crippen molar-refractivity contribution in [3.05, 3.63) is 26.5 Å². The molecule has 48 valence electrons. The average molecular weight is 253 g/mol. The molecule has 1 rings (SSSR count). The molecule has 0 bridgehead atoms. The highest BCUT2D eigenvalue weighted by molar-refractivity contribution is 14.1. The molecule has 1 heterocycles. The van der Waals surface area contributed by atoms with Crippen LogP contribution >= 0.6 is 34.2 Å². The zero-order valence-corrected chi connectivity index (χ0v) is 7.77. The van der Waals surface area contributed by atoms with Crippen LogP contribution in [0.2, 0.25) is 5.15 Å². The van der Waals surface area contributed by atoms with Crippen LogP contribution in [-0.2, 0) is 0 Å². The van der Waals surface area contributed by atoms with Crippen LogP contribution < -0.4 is 0 Å². The van der Waals surface area contributed by atoms with Gasteiger partial charge in [-0.15, -0.1) is 0 Å². The molecule has 9 heavy (non-hydrogen) atoms. The van der Waals surface area contributed by atoms with Crippen LogP contribution in [0.25, 0.3) is 0 Å². The summed E-state index contributed by atoms with van der Waals surface area (Å²) in [5.41, 5.74) is 0.965. The van der Waals surface area contributed by atoms with E-state index in [1.165, 1.54) is 0 Å². The summed E-state index contributed by atoms with van der Waals surface area (Å²) in [7, 11) is 0. The van der Waals surface area contributed by atoms with Gasteiger partial charge in [0.1, 0.15) is 5.15 Å². The van der Waals surface area contributed by atoms with Crippen molar-refractivity contribution in [2.75, 3.05) is 0 Å². The maximum atomic E-state index is 5.63. The lowest BCUT2D eigenvalue weighted by molar-refractivity contribution is 1.19. The van der Waals surface area contributed by atoms with E-state index in [1.54, 1.807) is 0 Å². The Kier molecular flexibility index (Phi) is 2.29. The van der Waals surface area contributed by atoms with Gasteiger partial charge in [-0.1, -0.05) is 11.6 Å². The molecule has 0 N–H and O–H groups in total. The van der Waals surface area contributed by atoms with Gasteiger partial charge in [-0.25, -0.2) is 4.98 Å². The Balaban J connectivity index is 3.17. The molecule has 0 saturated heterocycles. The van der Waals surface area contributed by atoms with Gasteiger partial charge >= 0.3 is 0 Å². The van der Waals surface area contributed by atoms with Crippen LogP contribution in [0.5, 0.6) is 0 Å². The number of nitrogens with zero attached hydrogens (tertiary/aromatic N) is 1. The first-order chi connectivity index (χ1) is 4.18. The molecule has 1 aromatic heterocycles. The summed E-state index contributed by atoms with van der Waals surface area (Å²) in [6.45, 7) is 1.92. The number of halogens is 2. The SMILES string of the molecule is Cc1cc(I)cc(Cl)n1. The molecule has 0 spiro atoms. The minimum atomic E-state index is 0.569. The Hall–Kier alpha value is 0.170. The highest BCUT2D eigenvalue weighted by Crippen LogP contribution is 2.11. The molecular weight excluding hydrogens is 248 g/mol. The molecule has 0 radical (unpaired) electrons. The average Bonchev–Trinajstić information content (AvgIpc) is 1.59. The molecule has 0 aliphatic carbocycles. The van der Waals surface area contributed by atoms with Crippen LogP contribution in [0.4, 0.5) is 0 Å². The van der Waals surface area contributed by atoms with Gasteiger partial charge in [0, 0.05) is 9.26 Å². The Bertz CT molecular complexity index is 174. The molecule has 0 aliphatic heterocycles. The quantitative estimate of drug-likeness (QED) is 0.512. The van der Waals surface area contributed by atoms with Crippen molar-refractivity contribution in [2.45, 2.75) is 6.92 Å². The van der Waals surface area contributed by atoms with Crippen molar-refractivity contribution in [2.24, 2.45) is 0 Å². The van der Waals surface area contributed by atoms with Gasteiger partial charge in [0.15, 0.2) is 0 Å². The Morgan fingerprint density at radius 2 is 2.22 bits per heavy atom. The van der Waals surface area contributed by atoms with E-state index in [4.69, 9.17) is 11.6 Å². The van der Waals surface area contributed by atoms with E-state index in [0.29, 0.717) is 5.15 Å². The summed E-state index contributed by atoms with van der Waals surface area (Å²) in [6.07, 6.45) is 0. The number of rotatable bonds is 0. The predicted molar refractivity (Wildman–Crippen MR) is 46.7 cm³/mol. The molecule has 3 heteroatoms. The second-order valence-electron chi connectivity index (χ2n) is 1.75. The van der Waals surface area contributed by atoms with Crippen molar-refractivity contribution in [3.63, 3.8) is 0 Å². The zero-order valence-electron chi connectivity index (χ0n) is 4.86. The lowest BCUT2D eigenvalue weighted by Gasteiger charge is -1.93. The third kappa shape index (κ3) is 2.10. The first-order valence-electron chi connectivity index (χ1n) is 2.48. The van der Waals surface area contributed by atoms with Gasteiger partial charge in [-0.05, 0) is 41.6 Å². The number of aromatic nitrogens is 1. The smallest absolute Gasteiger partial charge is 0.130 e. The fourth-order valence-corrected chi connectivity index (χ4v) is 1.77. The van der Waals surface area contributed by atoms with Gasteiger partial charge in [0.2, 0.25) is 0 Å². The number of pyridine rings is 1. The topological polar surface area (TPSA) is 12.9 Å². The van der Waals surface area contributed by atoms with Crippen molar-refractivity contribution >= 4 is 34.2 Å². The number of hydrogen-bond acceptors (Lipinski definition) is 1. The monoisotopic (exact) mass is 253 g/mol. The van der Waals surface area contributed by atoms with E-state index in [1.807, 2.05) is 19.1 Å². The van der Waals surface area contributed by atoms with Crippen LogP contribution in [-0.4, -0.2) is 4.98 Å². The molecule has 0 atom stereocenters. The standard InChI is InChI=1S/C6H5ClIN/c1-4-2-5(8)3-6(7)9-4/h2-3H,1H3. The molecule has 0 saturated carbocycles. The van der Waals surface area contributed by atoms with Crippen molar-refractivity contribution < 1.29 is 0 Å². The number of hydrogen-bond donors (Lipinski definition) is 0.